The van der Waals surface area contributed by atoms with Crippen molar-refractivity contribution >= 4 is 22.9 Å². The standard InChI is InChI=1S/C15H18N6O4/c1-11-14(21(24)25)15(17(2)16-11)19-9-7-18(8-10-19)12-3-5-13(6-4-12)20(22)23/h3-6H,7-10H2,1-2H3. The number of hydrogen-bond donors (Lipinski definition) is 0. The molecule has 0 N–H and O–H groups in total. The number of aryl methyl sites for hydroxylation is 2. The minimum Gasteiger partial charge on any atom is -0.368 e. The fourth-order valence-electron chi connectivity index (χ4n) is 3.16. The number of anilines is 2. The van der Waals surface area contributed by atoms with E-state index >= 15 is 0 Å². The fraction of sp³-hybridized carbons (Fsp3) is 0.400. The number of nitro benzene ring substituents is 1. The van der Waals surface area contributed by atoms with Gasteiger partial charge in [-0.3, -0.25) is 20.2 Å². The lowest BCUT2D eigenvalue weighted by atomic mass is 10.2. The van der Waals surface area contributed by atoms with Crippen LogP contribution in [0.25, 0.3) is 0 Å². The van der Waals surface area contributed by atoms with Crippen LogP contribution in [-0.2, 0) is 7.05 Å². The Morgan fingerprint density at radius 1 is 0.960 bits per heavy atom. The summed E-state index contributed by atoms with van der Waals surface area (Å²) in [6.45, 7) is 4.18. The maximum absolute atomic E-state index is 11.3. The zero-order valence-corrected chi connectivity index (χ0v) is 14.0. The second kappa shape index (κ2) is 6.38. The Kier molecular flexibility index (Phi) is 4.26. The van der Waals surface area contributed by atoms with Crippen molar-refractivity contribution in [2.75, 3.05) is 36.0 Å². The van der Waals surface area contributed by atoms with E-state index < -0.39 is 4.92 Å². The van der Waals surface area contributed by atoms with Crippen LogP contribution in [0.3, 0.4) is 0 Å². The van der Waals surface area contributed by atoms with Crippen molar-refractivity contribution in [3.63, 3.8) is 0 Å². The van der Waals surface area contributed by atoms with E-state index in [0.717, 1.165) is 5.69 Å². The van der Waals surface area contributed by atoms with E-state index in [1.165, 1.54) is 12.1 Å². The summed E-state index contributed by atoms with van der Waals surface area (Å²) in [6, 6.07) is 6.42. The van der Waals surface area contributed by atoms with Crippen molar-refractivity contribution in [1.29, 1.82) is 0 Å². The molecule has 1 aromatic heterocycles. The first-order chi connectivity index (χ1) is 11.9. The minimum absolute atomic E-state index is 0.0475. The molecule has 0 unspecified atom stereocenters. The number of rotatable bonds is 4. The van der Waals surface area contributed by atoms with Gasteiger partial charge in [-0.2, -0.15) is 5.10 Å². The number of non-ortho nitro benzene ring substituents is 1. The van der Waals surface area contributed by atoms with E-state index in [9.17, 15) is 20.2 Å². The summed E-state index contributed by atoms with van der Waals surface area (Å²) < 4.78 is 1.55. The van der Waals surface area contributed by atoms with Crippen LogP contribution in [0.2, 0.25) is 0 Å². The molecule has 1 fully saturated rings. The molecule has 2 aromatic rings. The highest BCUT2D eigenvalue weighted by molar-refractivity contribution is 5.62. The lowest BCUT2D eigenvalue weighted by molar-refractivity contribution is -0.385. The predicted molar refractivity (Wildman–Crippen MR) is 92.1 cm³/mol. The first-order valence-corrected chi connectivity index (χ1v) is 7.81. The van der Waals surface area contributed by atoms with Crippen molar-refractivity contribution < 1.29 is 9.85 Å². The monoisotopic (exact) mass is 346 g/mol. The van der Waals surface area contributed by atoms with Gasteiger partial charge < -0.3 is 9.80 Å². The van der Waals surface area contributed by atoms with Gasteiger partial charge in [-0.25, -0.2) is 4.68 Å². The Bertz CT molecular complexity index is 808. The Morgan fingerprint density at radius 3 is 2.04 bits per heavy atom. The smallest absolute Gasteiger partial charge is 0.333 e. The molecular formula is C15H18N6O4. The molecule has 1 aliphatic rings. The third-order valence-electron chi connectivity index (χ3n) is 4.35. The third-order valence-corrected chi connectivity index (χ3v) is 4.35. The van der Waals surface area contributed by atoms with Crippen molar-refractivity contribution in [3.8, 4) is 0 Å². The topological polar surface area (TPSA) is 111 Å². The van der Waals surface area contributed by atoms with Crippen molar-refractivity contribution in [1.82, 2.24) is 9.78 Å². The summed E-state index contributed by atoms with van der Waals surface area (Å²) in [7, 11) is 1.71. The van der Waals surface area contributed by atoms with Gasteiger partial charge in [0.1, 0.15) is 5.69 Å². The minimum atomic E-state index is -0.425. The third kappa shape index (κ3) is 3.10. The second-order valence-electron chi connectivity index (χ2n) is 5.89. The number of benzene rings is 1. The molecule has 0 bridgehead atoms. The average molecular weight is 346 g/mol. The van der Waals surface area contributed by atoms with Gasteiger partial charge in [-0.1, -0.05) is 0 Å². The normalized spacial score (nSPS) is 14.6. The first-order valence-electron chi connectivity index (χ1n) is 7.81. The highest BCUT2D eigenvalue weighted by atomic mass is 16.6. The van der Waals surface area contributed by atoms with Gasteiger partial charge in [-0.15, -0.1) is 0 Å². The molecule has 3 rings (SSSR count). The highest BCUT2D eigenvalue weighted by Gasteiger charge is 2.30. The summed E-state index contributed by atoms with van der Waals surface area (Å²) >= 11 is 0. The predicted octanol–water partition coefficient (Wildman–Crippen LogP) is 1.87. The maximum atomic E-state index is 11.3. The molecule has 10 heteroatoms. The Hall–Kier alpha value is -3.17. The van der Waals surface area contributed by atoms with Crippen molar-refractivity contribution in [2.24, 2.45) is 7.05 Å². The summed E-state index contributed by atoms with van der Waals surface area (Å²) in [5, 5.41) is 26.2. The number of aromatic nitrogens is 2. The molecule has 1 aromatic carbocycles. The van der Waals surface area contributed by atoms with E-state index in [4.69, 9.17) is 0 Å². The number of hydrogen-bond acceptors (Lipinski definition) is 7. The molecule has 0 atom stereocenters. The molecule has 0 saturated carbocycles. The number of nitro groups is 2. The molecule has 0 spiro atoms. The molecule has 10 nitrogen and oxygen atoms in total. The van der Waals surface area contributed by atoms with Gasteiger partial charge in [-0.05, 0) is 19.1 Å². The fourth-order valence-corrected chi connectivity index (χ4v) is 3.16. The Labute approximate surface area is 143 Å². The molecule has 0 aliphatic carbocycles. The molecule has 1 saturated heterocycles. The van der Waals surface area contributed by atoms with Crippen LogP contribution < -0.4 is 9.80 Å². The summed E-state index contributed by atoms with van der Waals surface area (Å²) in [5.74, 6) is 0.519. The van der Waals surface area contributed by atoms with Gasteiger partial charge in [0.2, 0.25) is 5.82 Å². The molecule has 0 radical (unpaired) electrons. The quantitative estimate of drug-likeness (QED) is 0.614. The Morgan fingerprint density at radius 2 is 1.52 bits per heavy atom. The maximum Gasteiger partial charge on any atom is 0.333 e. The van der Waals surface area contributed by atoms with Gasteiger partial charge >= 0.3 is 5.69 Å². The summed E-state index contributed by atoms with van der Waals surface area (Å²) in [4.78, 5) is 25.3. The van der Waals surface area contributed by atoms with E-state index in [-0.39, 0.29) is 16.3 Å². The summed E-state index contributed by atoms with van der Waals surface area (Å²) in [6.07, 6.45) is 0. The summed E-state index contributed by atoms with van der Waals surface area (Å²) in [5.41, 5.74) is 1.41. The van der Waals surface area contributed by atoms with E-state index in [0.29, 0.717) is 37.7 Å². The van der Waals surface area contributed by atoms with Crippen molar-refractivity contribution in [2.45, 2.75) is 6.92 Å². The second-order valence-corrected chi connectivity index (χ2v) is 5.89. The van der Waals surface area contributed by atoms with Gasteiger partial charge in [0.25, 0.3) is 5.69 Å². The van der Waals surface area contributed by atoms with Crippen LogP contribution in [-0.4, -0.2) is 45.8 Å². The van der Waals surface area contributed by atoms with Crippen LogP contribution in [0.5, 0.6) is 0 Å². The highest BCUT2D eigenvalue weighted by Crippen LogP contribution is 2.32. The molecule has 132 valence electrons. The van der Waals surface area contributed by atoms with E-state index in [1.807, 2.05) is 4.90 Å². The van der Waals surface area contributed by atoms with Crippen molar-refractivity contribution in [3.05, 3.63) is 50.2 Å². The lowest BCUT2D eigenvalue weighted by Crippen LogP contribution is -2.47. The van der Waals surface area contributed by atoms with Gasteiger partial charge in [0.15, 0.2) is 0 Å². The van der Waals surface area contributed by atoms with E-state index in [1.54, 1.807) is 30.8 Å². The van der Waals surface area contributed by atoms with Crippen LogP contribution in [0.4, 0.5) is 22.9 Å². The largest absolute Gasteiger partial charge is 0.368 e. The molecule has 0 amide bonds. The SMILES string of the molecule is Cc1nn(C)c(N2CCN(c3ccc([N+](=O)[O-])cc3)CC2)c1[N+](=O)[O-]. The van der Waals surface area contributed by atoms with Crippen LogP contribution in [0.1, 0.15) is 5.69 Å². The van der Waals surface area contributed by atoms with Crippen LogP contribution in [0.15, 0.2) is 24.3 Å². The van der Waals surface area contributed by atoms with Gasteiger partial charge in [0, 0.05) is 51.0 Å². The number of piperazine rings is 1. The molecule has 1 aliphatic heterocycles. The van der Waals surface area contributed by atoms with Gasteiger partial charge in [0.05, 0.1) is 9.85 Å². The zero-order chi connectivity index (χ0) is 18.1. The van der Waals surface area contributed by atoms with Crippen LogP contribution in [0, 0.1) is 27.2 Å². The Balaban J connectivity index is 1.74. The van der Waals surface area contributed by atoms with E-state index in [2.05, 4.69) is 10.00 Å². The molecular weight excluding hydrogens is 328 g/mol. The lowest BCUT2D eigenvalue weighted by Gasteiger charge is -2.36. The zero-order valence-electron chi connectivity index (χ0n) is 14.0. The average Bonchev–Trinajstić information content (AvgIpc) is 2.89. The first kappa shape index (κ1) is 16.7. The number of nitrogens with zero attached hydrogens (tertiary/aromatic N) is 6. The van der Waals surface area contributed by atoms with Crippen LogP contribution >= 0.6 is 0 Å². The molecule has 2 heterocycles. The molecule has 25 heavy (non-hydrogen) atoms.